The molecular formula is C15H27N2O6+. The number of rotatable bonds is 13. The van der Waals surface area contributed by atoms with Gasteiger partial charge in [0.15, 0.2) is 13.1 Å². The smallest absolute Gasteiger partial charge is 0.359 e. The predicted octanol–water partition coefficient (Wildman–Crippen LogP) is -0.173. The number of unbranched alkanes of at least 4 members (excludes halogenated alkanes) is 1. The average molecular weight is 331 g/mol. The second-order valence-electron chi connectivity index (χ2n) is 5.43. The van der Waals surface area contributed by atoms with E-state index in [0.29, 0.717) is 0 Å². The minimum Gasteiger partial charge on any atom is -0.477 e. The van der Waals surface area contributed by atoms with E-state index in [-0.39, 0.29) is 43.1 Å². The minimum atomic E-state index is -1.14. The van der Waals surface area contributed by atoms with Crippen LogP contribution < -0.4 is 5.32 Å². The van der Waals surface area contributed by atoms with E-state index < -0.39 is 25.0 Å². The fourth-order valence-electron chi connectivity index (χ4n) is 2.25. The number of allylic oxidation sites excluding steroid dienone is 1. The number of quaternary nitrogens is 1. The summed E-state index contributed by atoms with van der Waals surface area (Å²) in [6, 6.07) is 0. The number of aliphatic hydroxyl groups excluding tert-OH is 1. The first kappa shape index (κ1) is 21.1. The fraction of sp³-hybridized carbons (Fsp3) is 0.667. The molecule has 4 N–H and O–H groups in total. The third-order valence-corrected chi connectivity index (χ3v) is 3.35. The molecule has 8 heteroatoms. The summed E-state index contributed by atoms with van der Waals surface area (Å²) in [5, 5.41) is 29.7. The molecule has 132 valence electrons. The Balaban J connectivity index is 4.55. The number of aliphatic hydroxyl groups is 1. The molecule has 0 bridgehead atoms. The van der Waals surface area contributed by atoms with Gasteiger partial charge in [-0.1, -0.05) is 25.5 Å². The topological polar surface area (TPSA) is 124 Å². The van der Waals surface area contributed by atoms with E-state index in [1.165, 1.54) is 0 Å². The van der Waals surface area contributed by atoms with Crippen LogP contribution in [0.25, 0.3) is 0 Å². The van der Waals surface area contributed by atoms with Crippen molar-refractivity contribution in [1.29, 1.82) is 0 Å². The van der Waals surface area contributed by atoms with E-state index in [1.807, 2.05) is 13.0 Å². The molecule has 0 aliphatic rings. The maximum absolute atomic E-state index is 11.6. The quantitative estimate of drug-likeness (QED) is 0.274. The highest BCUT2D eigenvalue weighted by Gasteiger charge is 2.32. The number of hydrogen-bond acceptors (Lipinski definition) is 4. The molecule has 0 atom stereocenters. The zero-order valence-corrected chi connectivity index (χ0v) is 13.5. The average Bonchev–Trinajstić information content (AvgIpc) is 2.42. The molecule has 0 aromatic heterocycles. The van der Waals surface area contributed by atoms with Crippen molar-refractivity contribution in [3.8, 4) is 0 Å². The van der Waals surface area contributed by atoms with Crippen LogP contribution in [-0.4, -0.2) is 77.0 Å². The summed E-state index contributed by atoms with van der Waals surface area (Å²) in [4.78, 5) is 33.6. The highest BCUT2D eigenvalue weighted by atomic mass is 16.4. The first-order valence-corrected chi connectivity index (χ1v) is 7.66. The number of carbonyl (C=O) groups excluding carboxylic acids is 1. The summed E-state index contributed by atoms with van der Waals surface area (Å²) < 4.78 is -0.312. The number of nitrogens with zero attached hydrogens (tertiary/aromatic N) is 1. The molecule has 0 aliphatic heterocycles. The van der Waals surface area contributed by atoms with Crippen molar-refractivity contribution >= 4 is 17.8 Å². The van der Waals surface area contributed by atoms with E-state index in [9.17, 15) is 14.4 Å². The Kier molecular flexibility index (Phi) is 10.6. The Bertz CT molecular complexity index is 406. The second kappa shape index (κ2) is 11.6. The largest absolute Gasteiger partial charge is 0.477 e. The molecule has 0 saturated carbocycles. The molecule has 0 spiro atoms. The number of carbonyl (C=O) groups is 3. The van der Waals surface area contributed by atoms with Crippen molar-refractivity contribution < 1.29 is 34.2 Å². The SMILES string of the molecule is CCC/C=C/CC(=O)NCC[N+](CCO)(CC(=O)O)CC(=O)O. The van der Waals surface area contributed by atoms with Crippen LogP contribution in [0.4, 0.5) is 0 Å². The lowest BCUT2D eigenvalue weighted by atomic mass is 10.2. The highest BCUT2D eigenvalue weighted by molar-refractivity contribution is 5.77. The predicted molar refractivity (Wildman–Crippen MR) is 83.8 cm³/mol. The number of carboxylic acids is 2. The lowest BCUT2D eigenvalue weighted by molar-refractivity contribution is -0.913. The highest BCUT2D eigenvalue weighted by Crippen LogP contribution is 2.06. The van der Waals surface area contributed by atoms with Crippen LogP contribution in [0.5, 0.6) is 0 Å². The van der Waals surface area contributed by atoms with Gasteiger partial charge in [0.05, 0.1) is 19.7 Å². The van der Waals surface area contributed by atoms with E-state index in [0.717, 1.165) is 12.8 Å². The summed E-state index contributed by atoms with van der Waals surface area (Å²) in [5.41, 5.74) is 0. The zero-order valence-electron chi connectivity index (χ0n) is 13.5. The molecule has 0 radical (unpaired) electrons. The first-order chi connectivity index (χ1) is 10.8. The van der Waals surface area contributed by atoms with Gasteiger partial charge in [-0.15, -0.1) is 0 Å². The summed E-state index contributed by atoms with van der Waals surface area (Å²) >= 11 is 0. The van der Waals surface area contributed by atoms with Gasteiger partial charge < -0.3 is 25.1 Å². The van der Waals surface area contributed by atoms with Crippen molar-refractivity contribution in [2.24, 2.45) is 0 Å². The van der Waals surface area contributed by atoms with Gasteiger partial charge >= 0.3 is 11.9 Å². The van der Waals surface area contributed by atoms with Crippen molar-refractivity contribution in [3.63, 3.8) is 0 Å². The van der Waals surface area contributed by atoms with Crippen molar-refractivity contribution in [3.05, 3.63) is 12.2 Å². The van der Waals surface area contributed by atoms with Crippen LogP contribution >= 0.6 is 0 Å². The normalized spacial score (nSPS) is 11.6. The van der Waals surface area contributed by atoms with E-state index in [2.05, 4.69) is 5.32 Å². The van der Waals surface area contributed by atoms with Crippen LogP contribution in [0, 0.1) is 0 Å². The van der Waals surface area contributed by atoms with Crippen LogP contribution in [0.3, 0.4) is 0 Å². The fourth-order valence-corrected chi connectivity index (χ4v) is 2.25. The van der Waals surface area contributed by atoms with Crippen LogP contribution in [-0.2, 0) is 14.4 Å². The van der Waals surface area contributed by atoms with Crippen molar-refractivity contribution in [2.75, 3.05) is 39.3 Å². The maximum atomic E-state index is 11.6. The first-order valence-electron chi connectivity index (χ1n) is 7.66. The van der Waals surface area contributed by atoms with E-state index in [1.54, 1.807) is 6.08 Å². The van der Waals surface area contributed by atoms with Crippen molar-refractivity contribution in [1.82, 2.24) is 5.32 Å². The molecule has 23 heavy (non-hydrogen) atoms. The molecule has 0 saturated heterocycles. The standard InChI is InChI=1S/C15H26N2O6/c1-2-3-4-5-6-13(19)16-7-8-17(9-10-18,11-14(20)21)12-15(22)23/h4-5,18H,2-3,6-12H2,1H3,(H2-,16,19,20,21,22,23)/p+1/b5-4+. The van der Waals surface area contributed by atoms with Gasteiger partial charge in [-0.3, -0.25) is 4.79 Å². The molecule has 0 fully saturated rings. The summed E-state index contributed by atoms with van der Waals surface area (Å²) in [7, 11) is 0. The molecule has 0 heterocycles. The Morgan fingerprint density at radius 1 is 1.04 bits per heavy atom. The van der Waals surface area contributed by atoms with Gasteiger partial charge in [-0.2, -0.15) is 0 Å². The molecule has 1 amide bonds. The van der Waals surface area contributed by atoms with Gasteiger partial charge in [0, 0.05) is 6.42 Å². The second-order valence-corrected chi connectivity index (χ2v) is 5.43. The Morgan fingerprint density at radius 3 is 2.13 bits per heavy atom. The summed E-state index contributed by atoms with van der Waals surface area (Å²) in [6.45, 7) is 1.16. The zero-order chi connectivity index (χ0) is 17.7. The van der Waals surface area contributed by atoms with E-state index >= 15 is 0 Å². The number of nitrogens with one attached hydrogen (secondary N) is 1. The molecule has 8 nitrogen and oxygen atoms in total. The molecule has 0 aromatic carbocycles. The van der Waals surface area contributed by atoms with Gasteiger partial charge in [-0.05, 0) is 6.42 Å². The molecule has 0 aliphatic carbocycles. The van der Waals surface area contributed by atoms with Gasteiger partial charge in [-0.25, -0.2) is 9.59 Å². The van der Waals surface area contributed by atoms with Crippen LogP contribution in [0.2, 0.25) is 0 Å². The lowest BCUT2D eigenvalue weighted by Crippen LogP contribution is -2.58. The van der Waals surface area contributed by atoms with Crippen LogP contribution in [0.15, 0.2) is 12.2 Å². The summed E-state index contributed by atoms with van der Waals surface area (Å²) in [5.74, 6) is -2.49. The van der Waals surface area contributed by atoms with Gasteiger partial charge in [0.2, 0.25) is 5.91 Å². The Hall–Kier alpha value is -1.93. The third kappa shape index (κ3) is 10.4. The number of carboxylic acid groups (broad SMARTS) is 2. The molecule has 0 aromatic rings. The van der Waals surface area contributed by atoms with Gasteiger partial charge in [0.1, 0.15) is 6.54 Å². The lowest BCUT2D eigenvalue weighted by Gasteiger charge is -2.35. The maximum Gasteiger partial charge on any atom is 0.359 e. The van der Waals surface area contributed by atoms with E-state index in [4.69, 9.17) is 15.3 Å². The Morgan fingerprint density at radius 2 is 1.65 bits per heavy atom. The Labute approximate surface area is 136 Å². The molecule has 0 rings (SSSR count). The third-order valence-electron chi connectivity index (χ3n) is 3.35. The van der Waals surface area contributed by atoms with Crippen LogP contribution in [0.1, 0.15) is 26.2 Å². The number of amides is 1. The molecule has 0 unspecified atom stereocenters. The number of hydrogen-bond donors (Lipinski definition) is 4. The molecular weight excluding hydrogens is 304 g/mol. The minimum absolute atomic E-state index is 0.00483. The monoisotopic (exact) mass is 331 g/mol. The van der Waals surface area contributed by atoms with Crippen molar-refractivity contribution in [2.45, 2.75) is 26.2 Å². The number of aliphatic carboxylic acids is 2. The summed E-state index contributed by atoms with van der Waals surface area (Å²) in [6.07, 6.45) is 5.83. The van der Waals surface area contributed by atoms with Gasteiger partial charge in [0.25, 0.3) is 0 Å².